The van der Waals surface area contributed by atoms with Gasteiger partial charge in [0.25, 0.3) is 0 Å². The maximum Gasteiger partial charge on any atom is 0.236 e. The lowest BCUT2D eigenvalue weighted by atomic mass is 9.91. The summed E-state index contributed by atoms with van der Waals surface area (Å²) in [7, 11) is 0. The number of hydrogen-bond donors (Lipinski definition) is 0. The molecule has 0 saturated heterocycles. The zero-order valence-electron chi connectivity index (χ0n) is 28.3. The summed E-state index contributed by atoms with van der Waals surface area (Å²) < 4.78 is 37.0. The Morgan fingerprint density at radius 1 is 0.321 bits per heavy atom. The zero-order chi connectivity index (χ0) is 35.6. The van der Waals surface area contributed by atoms with E-state index in [9.17, 15) is 0 Å². The van der Waals surface area contributed by atoms with Crippen molar-refractivity contribution in [2.75, 3.05) is 0 Å². The molecule has 0 unspecified atom stereocenters. The van der Waals surface area contributed by atoms with Gasteiger partial charge >= 0.3 is 0 Å². The van der Waals surface area contributed by atoms with Crippen molar-refractivity contribution in [3.05, 3.63) is 199 Å². The molecule has 0 fully saturated rings. The Morgan fingerprint density at radius 2 is 0.623 bits per heavy atom. The van der Waals surface area contributed by atoms with Crippen LogP contribution in [0.5, 0.6) is 34.9 Å². The van der Waals surface area contributed by atoms with Crippen LogP contribution >= 0.6 is 0 Å². The SMILES string of the molecule is FC(c1cccc(Oc2ccc3ccccc3c2)n1)(c1cccc(Oc2ccc3ccccc3c2)n1)c1cccc(Oc2ccc3ccccc3c2)n1. The molecule has 0 radical (unpaired) electrons. The quantitative estimate of drug-likeness (QED) is 0.150. The molecular weight excluding hydrogens is 662 g/mol. The van der Waals surface area contributed by atoms with E-state index >= 15 is 4.39 Å². The number of hydrogen-bond acceptors (Lipinski definition) is 6. The summed E-state index contributed by atoms with van der Waals surface area (Å²) in [5.41, 5.74) is -2.36. The summed E-state index contributed by atoms with van der Waals surface area (Å²) in [6.07, 6.45) is 0. The Bertz CT molecular complexity index is 2470. The maximum atomic E-state index is 18.4. The number of alkyl halides is 1. The molecule has 0 saturated carbocycles. The summed E-state index contributed by atoms with van der Waals surface area (Å²) in [6.45, 7) is 0. The van der Waals surface area contributed by atoms with Crippen molar-refractivity contribution in [2.24, 2.45) is 0 Å². The predicted molar refractivity (Wildman–Crippen MR) is 206 cm³/mol. The number of nitrogens with zero attached hydrogens (tertiary/aromatic N) is 3. The van der Waals surface area contributed by atoms with Crippen LogP contribution in [0.3, 0.4) is 0 Å². The summed E-state index contributed by atoms with van der Waals surface area (Å²) in [6, 6.07) is 56.3. The van der Waals surface area contributed by atoms with Crippen molar-refractivity contribution in [3.63, 3.8) is 0 Å². The minimum absolute atomic E-state index is 0.0292. The van der Waals surface area contributed by atoms with Crippen LogP contribution in [0.2, 0.25) is 0 Å². The number of pyridine rings is 3. The van der Waals surface area contributed by atoms with Gasteiger partial charge in [-0.2, -0.15) is 0 Å². The van der Waals surface area contributed by atoms with E-state index in [0.29, 0.717) is 17.2 Å². The molecule has 254 valence electrons. The van der Waals surface area contributed by atoms with Gasteiger partial charge in [0, 0.05) is 18.2 Å². The average molecular weight is 692 g/mol. The molecule has 0 spiro atoms. The van der Waals surface area contributed by atoms with Gasteiger partial charge in [-0.15, -0.1) is 0 Å². The Hall–Kier alpha value is -7.12. The van der Waals surface area contributed by atoms with Crippen molar-refractivity contribution < 1.29 is 18.6 Å². The summed E-state index contributed by atoms with van der Waals surface area (Å²) in [5, 5.41) is 6.29. The van der Waals surface area contributed by atoms with Gasteiger partial charge in [-0.25, -0.2) is 19.3 Å². The first kappa shape index (κ1) is 31.8. The first-order chi connectivity index (χ1) is 26.1. The van der Waals surface area contributed by atoms with Crippen molar-refractivity contribution in [1.82, 2.24) is 15.0 Å². The number of rotatable bonds is 9. The van der Waals surface area contributed by atoms with E-state index in [1.165, 1.54) is 0 Å². The van der Waals surface area contributed by atoms with E-state index in [-0.39, 0.29) is 34.7 Å². The molecule has 7 heteroatoms. The molecule has 0 bridgehead atoms. The Labute approximate surface area is 304 Å². The molecule has 3 aromatic heterocycles. The third-order valence-electron chi connectivity index (χ3n) is 9.06. The lowest BCUT2D eigenvalue weighted by Gasteiger charge is -2.25. The highest BCUT2D eigenvalue weighted by atomic mass is 19.1. The van der Waals surface area contributed by atoms with Gasteiger partial charge in [-0.3, -0.25) is 0 Å². The normalized spacial score (nSPS) is 11.5. The van der Waals surface area contributed by atoms with E-state index in [1.54, 1.807) is 54.6 Å². The third-order valence-corrected chi connectivity index (χ3v) is 9.06. The monoisotopic (exact) mass is 691 g/mol. The summed E-state index contributed by atoms with van der Waals surface area (Å²) >= 11 is 0. The maximum absolute atomic E-state index is 18.4. The second kappa shape index (κ2) is 13.5. The Morgan fingerprint density at radius 3 is 0.943 bits per heavy atom. The number of benzene rings is 6. The Kier molecular flexibility index (Phi) is 8.13. The topological polar surface area (TPSA) is 66.4 Å². The molecular formula is C46H30FN3O3. The molecule has 0 N–H and O–H groups in total. The number of ether oxygens (including phenoxy) is 3. The van der Waals surface area contributed by atoms with Crippen molar-refractivity contribution in [2.45, 2.75) is 5.67 Å². The lowest BCUT2D eigenvalue weighted by molar-refractivity contribution is 0.252. The Balaban J connectivity index is 1.11. The lowest BCUT2D eigenvalue weighted by Crippen LogP contribution is -2.28. The molecule has 0 aliphatic rings. The molecule has 0 atom stereocenters. The molecule has 9 aromatic rings. The smallest absolute Gasteiger partial charge is 0.236 e. The predicted octanol–water partition coefficient (Wildman–Crippen LogP) is 12.0. The molecule has 53 heavy (non-hydrogen) atoms. The number of fused-ring (bicyclic) bond motifs is 3. The van der Waals surface area contributed by atoms with Crippen LogP contribution < -0.4 is 14.2 Å². The van der Waals surface area contributed by atoms with Crippen LogP contribution in [-0.2, 0) is 5.67 Å². The van der Waals surface area contributed by atoms with E-state index in [4.69, 9.17) is 29.2 Å². The van der Waals surface area contributed by atoms with Crippen LogP contribution in [0.1, 0.15) is 17.1 Å². The van der Waals surface area contributed by atoms with Crippen LogP contribution in [0.4, 0.5) is 4.39 Å². The second-order valence-electron chi connectivity index (χ2n) is 12.6. The van der Waals surface area contributed by atoms with Gasteiger partial charge in [0.2, 0.25) is 23.3 Å². The average Bonchev–Trinajstić information content (AvgIpc) is 3.21. The molecule has 9 rings (SSSR count). The summed E-state index contributed by atoms with van der Waals surface area (Å²) in [4.78, 5) is 14.1. The van der Waals surface area contributed by atoms with Gasteiger partial charge in [0.15, 0.2) is 0 Å². The summed E-state index contributed by atoms with van der Waals surface area (Å²) in [5.74, 6) is 2.37. The van der Waals surface area contributed by atoms with Gasteiger partial charge in [-0.1, -0.05) is 109 Å². The molecule has 3 heterocycles. The number of aromatic nitrogens is 3. The van der Waals surface area contributed by atoms with E-state index < -0.39 is 5.67 Å². The van der Waals surface area contributed by atoms with Crippen molar-refractivity contribution in [3.8, 4) is 34.9 Å². The molecule has 6 nitrogen and oxygen atoms in total. The van der Waals surface area contributed by atoms with E-state index in [2.05, 4.69) is 0 Å². The van der Waals surface area contributed by atoms with Crippen LogP contribution in [0, 0.1) is 0 Å². The standard InChI is InChI=1S/C46H30FN3O3/c47-46(40-16-7-19-43(48-40)51-37-25-22-31-10-1-4-13-34(31)28-37,41-17-8-20-44(49-41)52-38-26-23-32-11-2-5-14-35(32)29-38)42-18-9-21-45(50-42)53-39-27-24-33-12-3-6-15-36(33)30-39/h1-30H. The fourth-order valence-electron chi connectivity index (χ4n) is 6.44. The fourth-order valence-corrected chi connectivity index (χ4v) is 6.44. The molecule has 0 aliphatic carbocycles. The van der Waals surface area contributed by atoms with Crippen LogP contribution in [0.15, 0.2) is 182 Å². The van der Waals surface area contributed by atoms with Crippen molar-refractivity contribution in [1.29, 1.82) is 0 Å². The van der Waals surface area contributed by atoms with Gasteiger partial charge < -0.3 is 14.2 Å². The van der Waals surface area contributed by atoms with E-state index in [1.807, 2.05) is 127 Å². The highest BCUT2D eigenvalue weighted by Crippen LogP contribution is 2.41. The van der Waals surface area contributed by atoms with E-state index in [0.717, 1.165) is 32.3 Å². The van der Waals surface area contributed by atoms with Gasteiger partial charge in [-0.05, 0) is 86.9 Å². The molecule has 0 amide bonds. The van der Waals surface area contributed by atoms with Crippen LogP contribution in [0.25, 0.3) is 32.3 Å². The molecule has 6 aromatic carbocycles. The van der Waals surface area contributed by atoms with Gasteiger partial charge in [0.1, 0.15) is 17.2 Å². The van der Waals surface area contributed by atoms with Gasteiger partial charge in [0.05, 0.1) is 17.1 Å². The second-order valence-corrected chi connectivity index (χ2v) is 12.6. The highest BCUT2D eigenvalue weighted by Gasteiger charge is 2.42. The zero-order valence-corrected chi connectivity index (χ0v) is 28.3. The van der Waals surface area contributed by atoms with Crippen LogP contribution in [-0.4, -0.2) is 15.0 Å². The largest absolute Gasteiger partial charge is 0.439 e. The first-order valence-corrected chi connectivity index (χ1v) is 17.2. The minimum Gasteiger partial charge on any atom is -0.439 e. The first-order valence-electron chi connectivity index (χ1n) is 17.2. The number of halogens is 1. The minimum atomic E-state index is -2.45. The molecule has 0 aliphatic heterocycles. The van der Waals surface area contributed by atoms with Crippen molar-refractivity contribution >= 4 is 32.3 Å². The third kappa shape index (κ3) is 6.48. The highest BCUT2D eigenvalue weighted by molar-refractivity contribution is 5.85. The fraction of sp³-hybridized carbons (Fsp3) is 0.0217.